The highest BCUT2D eigenvalue weighted by atomic mass is 16.5. The number of rotatable bonds is 2. The van der Waals surface area contributed by atoms with E-state index >= 15 is 0 Å². The Kier molecular flexibility index (Phi) is 3.54. The topological polar surface area (TPSA) is 50.4 Å². The highest BCUT2D eigenvalue weighted by Gasteiger charge is 2.15. The molecule has 1 saturated heterocycles. The number of hydrogen-bond acceptors (Lipinski definition) is 4. The van der Waals surface area contributed by atoms with Gasteiger partial charge in [0.1, 0.15) is 0 Å². The van der Waals surface area contributed by atoms with Crippen LogP contribution in [0.2, 0.25) is 0 Å². The van der Waals surface area contributed by atoms with Gasteiger partial charge in [0.15, 0.2) is 0 Å². The third-order valence-electron chi connectivity index (χ3n) is 2.75. The van der Waals surface area contributed by atoms with Crippen molar-refractivity contribution in [3.8, 4) is 0 Å². The lowest BCUT2D eigenvalue weighted by Gasteiger charge is -2.25. The SMILES string of the molecule is COC(=O)c1cccc([C@H]2CNCCN2)c1. The first-order valence-electron chi connectivity index (χ1n) is 5.43. The van der Waals surface area contributed by atoms with E-state index in [0.717, 1.165) is 25.2 Å². The molecule has 1 heterocycles. The largest absolute Gasteiger partial charge is 0.465 e. The number of benzene rings is 1. The van der Waals surface area contributed by atoms with Gasteiger partial charge in [0.2, 0.25) is 0 Å². The van der Waals surface area contributed by atoms with Gasteiger partial charge in [0, 0.05) is 25.7 Å². The molecule has 0 spiro atoms. The summed E-state index contributed by atoms with van der Waals surface area (Å²) in [6, 6.07) is 7.84. The molecule has 2 N–H and O–H groups in total. The standard InChI is InChI=1S/C12H16N2O2/c1-16-12(15)10-4-2-3-9(7-10)11-8-13-5-6-14-11/h2-4,7,11,13-14H,5-6,8H2,1H3/t11-/m1/s1. The third kappa shape index (κ3) is 2.40. The van der Waals surface area contributed by atoms with Crippen LogP contribution in [0.3, 0.4) is 0 Å². The lowest BCUT2D eigenvalue weighted by Crippen LogP contribution is -2.42. The maximum Gasteiger partial charge on any atom is 0.337 e. The van der Waals surface area contributed by atoms with Gasteiger partial charge in [0.25, 0.3) is 0 Å². The Bertz CT molecular complexity index is 373. The fourth-order valence-electron chi connectivity index (χ4n) is 1.89. The van der Waals surface area contributed by atoms with Crippen molar-refractivity contribution in [1.82, 2.24) is 10.6 Å². The minimum Gasteiger partial charge on any atom is -0.465 e. The van der Waals surface area contributed by atoms with Crippen molar-refractivity contribution in [2.24, 2.45) is 0 Å². The summed E-state index contributed by atoms with van der Waals surface area (Å²) >= 11 is 0. The zero-order valence-corrected chi connectivity index (χ0v) is 9.32. The lowest BCUT2D eigenvalue weighted by atomic mass is 10.0. The van der Waals surface area contributed by atoms with Crippen LogP contribution in [0, 0.1) is 0 Å². The first kappa shape index (κ1) is 11.1. The van der Waals surface area contributed by atoms with E-state index in [4.69, 9.17) is 4.74 Å². The number of esters is 1. The van der Waals surface area contributed by atoms with Crippen LogP contribution in [-0.4, -0.2) is 32.7 Å². The molecule has 0 saturated carbocycles. The maximum absolute atomic E-state index is 11.4. The van der Waals surface area contributed by atoms with Crippen LogP contribution in [0.5, 0.6) is 0 Å². The van der Waals surface area contributed by atoms with Crippen LogP contribution < -0.4 is 10.6 Å². The van der Waals surface area contributed by atoms with E-state index in [2.05, 4.69) is 10.6 Å². The van der Waals surface area contributed by atoms with E-state index < -0.39 is 0 Å². The number of piperazine rings is 1. The molecule has 0 radical (unpaired) electrons. The average Bonchev–Trinajstić information content (AvgIpc) is 2.39. The van der Waals surface area contributed by atoms with Gasteiger partial charge in [-0.05, 0) is 17.7 Å². The van der Waals surface area contributed by atoms with Crippen LogP contribution in [0.1, 0.15) is 22.0 Å². The van der Waals surface area contributed by atoms with Crippen molar-refractivity contribution in [2.75, 3.05) is 26.7 Å². The summed E-state index contributed by atoms with van der Waals surface area (Å²) in [6.07, 6.45) is 0. The third-order valence-corrected chi connectivity index (χ3v) is 2.75. The molecule has 1 aromatic carbocycles. The quantitative estimate of drug-likeness (QED) is 0.721. The Hall–Kier alpha value is -1.39. The van der Waals surface area contributed by atoms with E-state index in [-0.39, 0.29) is 12.0 Å². The van der Waals surface area contributed by atoms with Crippen molar-refractivity contribution >= 4 is 5.97 Å². The molecule has 1 aromatic rings. The van der Waals surface area contributed by atoms with Crippen LogP contribution in [0.4, 0.5) is 0 Å². The Morgan fingerprint density at radius 1 is 1.44 bits per heavy atom. The molecule has 86 valence electrons. The normalized spacial score (nSPS) is 20.4. The lowest BCUT2D eigenvalue weighted by molar-refractivity contribution is 0.0600. The Labute approximate surface area is 95.0 Å². The molecule has 1 fully saturated rings. The molecule has 1 atom stereocenters. The first-order chi connectivity index (χ1) is 7.81. The van der Waals surface area contributed by atoms with Crippen molar-refractivity contribution in [3.63, 3.8) is 0 Å². The summed E-state index contributed by atoms with van der Waals surface area (Å²) in [7, 11) is 1.40. The second-order valence-electron chi connectivity index (χ2n) is 3.83. The van der Waals surface area contributed by atoms with E-state index in [1.807, 2.05) is 18.2 Å². The number of carbonyl (C=O) groups excluding carboxylic acids is 1. The molecule has 0 bridgehead atoms. The minimum absolute atomic E-state index is 0.276. The number of carbonyl (C=O) groups is 1. The van der Waals surface area contributed by atoms with E-state index in [1.165, 1.54) is 7.11 Å². The van der Waals surface area contributed by atoms with E-state index in [1.54, 1.807) is 6.07 Å². The van der Waals surface area contributed by atoms with Gasteiger partial charge in [-0.15, -0.1) is 0 Å². The molecule has 0 amide bonds. The predicted octanol–water partition coefficient (Wildman–Crippen LogP) is 0.707. The summed E-state index contributed by atoms with van der Waals surface area (Å²) in [4.78, 5) is 11.4. The van der Waals surface area contributed by atoms with Gasteiger partial charge in [0.05, 0.1) is 12.7 Å². The molecule has 1 aliphatic heterocycles. The molecule has 0 unspecified atom stereocenters. The van der Waals surface area contributed by atoms with Crippen molar-refractivity contribution in [3.05, 3.63) is 35.4 Å². The molecular weight excluding hydrogens is 204 g/mol. The van der Waals surface area contributed by atoms with Gasteiger partial charge in [-0.2, -0.15) is 0 Å². The second kappa shape index (κ2) is 5.09. The Balaban J connectivity index is 2.17. The molecule has 4 nitrogen and oxygen atoms in total. The molecule has 0 aliphatic carbocycles. The number of nitrogens with one attached hydrogen (secondary N) is 2. The second-order valence-corrected chi connectivity index (χ2v) is 3.83. The smallest absolute Gasteiger partial charge is 0.337 e. The summed E-state index contributed by atoms with van der Waals surface area (Å²) in [5.41, 5.74) is 1.72. The Morgan fingerprint density at radius 2 is 2.31 bits per heavy atom. The van der Waals surface area contributed by atoms with Crippen molar-refractivity contribution < 1.29 is 9.53 Å². The maximum atomic E-state index is 11.4. The summed E-state index contributed by atoms with van der Waals surface area (Å²) < 4.78 is 4.70. The summed E-state index contributed by atoms with van der Waals surface area (Å²) in [5.74, 6) is -0.286. The predicted molar refractivity (Wildman–Crippen MR) is 61.4 cm³/mol. The van der Waals surface area contributed by atoms with Gasteiger partial charge in [-0.1, -0.05) is 12.1 Å². The van der Waals surface area contributed by atoms with Crippen LogP contribution in [-0.2, 0) is 4.74 Å². The molecule has 16 heavy (non-hydrogen) atoms. The van der Waals surface area contributed by atoms with Crippen LogP contribution in [0.15, 0.2) is 24.3 Å². The van der Waals surface area contributed by atoms with Gasteiger partial charge in [-0.25, -0.2) is 4.79 Å². The zero-order chi connectivity index (χ0) is 11.4. The molecule has 0 aromatic heterocycles. The Morgan fingerprint density at radius 3 is 3.00 bits per heavy atom. The molecular formula is C12H16N2O2. The zero-order valence-electron chi connectivity index (χ0n) is 9.32. The summed E-state index contributed by atoms with van der Waals surface area (Å²) in [6.45, 7) is 2.84. The van der Waals surface area contributed by atoms with Crippen LogP contribution in [0.25, 0.3) is 0 Å². The number of hydrogen-bond donors (Lipinski definition) is 2. The number of ether oxygens (including phenoxy) is 1. The van der Waals surface area contributed by atoms with Gasteiger partial charge in [-0.3, -0.25) is 0 Å². The van der Waals surface area contributed by atoms with E-state index in [9.17, 15) is 4.79 Å². The van der Waals surface area contributed by atoms with Crippen molar-refractivity contribution in [2.45, 2.75) is 6.04 Å². The van der Waals surface area contributed by atoms with E-state index in [0.29, 0.717) is 5.56 Å². The molecule has 2 rings (SSSR count). The van der Waals surface area contributed by atoms with Gasteiger partial charge >= 0.3 is 5.97 Å². The molecule has 4 heteroatoms. The van der Waals surface area contributed by atoms with Gasteiger partial charge < -0.3 is 15.4 Å². The number of methoxy groups -OCH3 is 1. The fourth-order valence-corrected chi connectivity index (χ4v) is 1.89. The monoisotopic (exact) mass is 220 g/mol. The minimum atomic E-state index is -0.286. The summed E-state index contributed by atoms with van der Waals surface area (Å²) in [5, 5.41) is 6.72. The highest BCUT2D eigenvalue weighted by Crippen LogP contribution is 2.15. The fraction of sp³-hybridized carbons (Fsp3) is 0.417. The highest BCUT2D eigenvalue weighted by molar-refractivity contribution is 5.89. The van der Waals surface area contributed by atoms with Crippen molar-refractivity contribution in [1.29, 1.82) is 0 Å². The first-order valence-corrected chi connectivity index (χ1v) is 5.43. The molecule has 1 aliphatic rings. The average molecular weight is 220 g/mol. The van der Waals surface area contributed by atoms with Crippen LogP contribution >= 0.6 is 0 Å².